The van der Waals surface area contributed by atoms with Gasteiger partial charge >= 0.3 is 0 Å². The number of phenols is 2. The molecule has 4 nitrogen and oxygen atoms in total. The van der Waals surface area contributed by atoms with Crippen molar-refractivity contribution in [3.8, 4) is 11.5 Å². The third-order valence-corrected chi connectivity index (χ3v) is 5.59. The molecule has 0 amide bonds. The topological polar surface area (TPSA) is 66.8 Å². The van der Waals surface area contributed by atoms with Crippen molar-refractivity contribution in [2.24, 2.45) is 5.41 Å². The summed E-state index contributed by atoms with van der Waals surface area (Å²) in [4.78, 5) is 10.5. The molecular formula is C23H36O4. The molecule has 1 saturated carbocycles. The summed E-state index contributed by atoms with van der Waals surface area (Å²) in [6.07, 6.45) is 11.0. The zero-order chi connectivity index (χ0) is 19.9. The second-order valence-corrected chi connectivity index (χ2v) is 9.34. The fourth-order valence-corrected chi connectivity index (χ4v) is 3.65. The van der Waals surface area contributed by atoms with Crippen molar-refractivity contribution in [1.82, 2.24) is 0 Å². The van der Waals surface area contributed by atoms with Crippen LogP contribution >= 0.6 is 0 Å². The molecule has 1 aromatic rings. The van der Waals surface area contributed by atoms with E-state index in [-0.39, 0.29) is 17.1 Å². The van der Waals surface area contributed by atoms with Crippen molar-refractivity contribution in [3.05, 3.63) is 23.3 Å². The van der Waals surface area contributed by atoms with Crippen LogP contribution in [0.1, 0.15) is 89.7 Å². The summed E-state index contributed by atoms with van der Waals surface area (Å²) < 4.78 is 5.17. The highest BCUT2D eigenvalue weighted by molar-refractivity contribution is 5.45. The van der Waals surface area contributed by atoms with Crippen molar-refractivity contribution in [3.63, 3.8) is 0 Å². The molecule has 1 aromatic carbocycles. The molecule has 27 heavy (non-hydrogen) atoms. The molecule has 0 bridgehead atoms. The van der Waals surface area contributed by atoms with Crippen LogP contribution in [-0.2, 0) is 22.4 Å². The fourth-order valence-electron chi connectivity index (χ4n) is 3.65. The zero-order valence-corrected chi connectivity index (χ0v) is 17.2. The molecule has 0 heterocycles. The molecule has 152 valence electrons. The van der Waals surface area contributed by atoms with E-state index in [0.29, 0.717) is 11.9 Å². The van der Waals surface area contributed by atoms with Crippen LogP contribution in [0.4, 0.5) is 0 Å². The number of carbonyl (C=O) groups is 1. The van der Waals surface area contributed by atoms with E-state index in [0.717, 1.165) is 68.9 Å². The second-order valence-electron chi connectivity index (χ2n) is 9.34. The average Bonchev–Trinajstić information content (AvgIpc) is 3.33. The van der Waals surface area contributed by atoms with E-state index in [2.05, 4.69) is 20.8 Å². The molecule has 1 aliphatic carbocycles. The van der Waals surface area contributed by atoms with Crippen molar-refractivity contribution in [1.29, 1.82) is 0 Å². The van der Waals surface area contributed by atoms with Gasteiger partial charge in [0, 0.05) is 6.07 Å². The van der Waals surface area contributed by atoms with Crippen molar-refractivity contribution in [2.45, 2.75) is 97.0 Å². The smallest absolute Gasteiger partial charge is 0.293 e. The summed E-state index contributed by atoms with van der Waals surface area (Å²) in [5.74, 6) is 0.373. The van der Waals surface area contributed by atoms with Gasteiger partial charge in [-0.2, -0.15) is 0 Å². The minimum absolute atomic E-state index is 0.175. The molecule has 0 spiro atoms. The second kappa shape index (κ2) is 9.48. The van der Waals surface area contributed by atoms with Gasteiger partial charge in [0.1, 0.15) is 17.1 Å². The highest BCUT2D eigenvalue weighted by Gasteiger charge is 2.44. The number of hydrogen-bond acceptors (Lipinski definition) is 4. The Labute approximate surface area is 163 Å². The number of phenolic OH excluding ortho intramolecular Hbond substituents is 2. The first-order chi connectivity index (χ1) is 12.7. The third kappa shape index (κ3) is 7.43. The predicted molar refractivity (Wildman–Crippen MR) is 108 cm³/mol. The van der Waals surface area contributed by atoms with Crippen LogP contribution in [-0.4, -0.2) is 22.3 Å². The SMILES string of the molecule is CC(C)(C)CCCCCc1cc(CCCCC2(OC=O)CC2)c(O)cc1O. The van der Waals surface area contributed by atoms with Gasteiger partial charge in [0.25, 0.3) is 6.47 Å². The van der Waals surface area contributed by atoms with Gasteiger partial charge in [-0.3, -0.25) is 4.79 Å². The summed E-state index contributed by atoms with van der Waals surface area (Å²) in [5, 5.41) is 20.3. The van der Waals surface area contributed by atoms with Crippen molar-refractivity contribution < 1.29 is 19.7 Å². The van der Waals surface area contributed by atoms with Crippen LogP contribution in [0, 0.1) is 5.41 Å². The van der Waals surface area contributed by atoms with E-state index >= 15 is 0 Å². The first kappa shape index (κ1) is 21.6. The summed E-state index contributed by atoms with van der Waals surface area (Å²) in [7, 11) is 0. The van der Waals surface area contributed by atoms with Crippen molar-refractivity contribution in [2.75, 3.05) is 0 Å². The lowest BCUT2D eigenvalue weighted by Crippen LogP contribution is -2.12. The first-order valence-electron chi connectivity index (χ1n) is 10.4. The van der Waals surface area contributed by atoms with Crippen LogP contribution in [0.3, 0.4) is 0 Å². The maximum atomic E-state index is 10.5. The number of hydrogen-bond donors (Lipinski definition) is 2. The van der Waals surface area contributed by atoms with E-state index in [1.165, 1.54) is 18.9 Å². The summed E-state index contributed by atoms with van der Waals surface area (Å²) in [6.45, 7) is 7.36. The van der Waals surface area contributed by atoms with Crippen LogP contribution < -0.4 is 0 Å². The van der Waals surface area contributed by atoms with Crippen LogP contribution in [0.2, 0.25) is 0 Å². The average molecular weight is 377 g/mol. The number of rotatable bonds is 12. The van der Waals surface area contributed by atoms with E-state index < -0.39 is 0 Å². The van der Waals surface area contributed by atoms with Crippen LogP contribution in [0.5, 0.6) is 11.5 Å². The molecule has 0 atom stereocenters. The lowest BCUT2D eigenvalue weighted by atomic mass is 9.89. The summed E-state index contributed by atoms with van der Waals surface area (Å²) in [5.41, 5.74) is 2.01. The minimum atomic E-state index is -0.197. The lowest BCUT2D eigenvalue weighted by molar-refractivity contribution is -0.135. The molecular weight excluding hydrogens is 340 g/mol. The quantitative estimate of drug-likeness (QED) is 0.364. The summed E-state index contributed by atoms with van der Waals surface area (Å²) >= 11 is 0. The molecule has 1 fully saturated rings. The zero-order valence-electron chi connectivity index (χ0n) is 17.2. The van der Waals surface area contributed by atoms with Gasteiger partial charge in [-0.05, 0) is 80.4 Å². The predicted octanol–water partition coefficient (Wildman–Crippen LogP) is 5.67. The number of ether oxygens (including phenoxy) is 1. The largest absolute Gasteiger partial charge is 0.508 e. The number of aromatic hydroxyl groups is 2. The molecule has 0 aliphatic heterocycles. The Kier molecular flexibility index (Phi) is 7.58. The lowest BCUT2D eigenvalue weighted by Gasteiger charge is -2.17. The Morgan fingerprint density at radius 2 is 1.56 bits per heavy atom. The van der Waals surface area contributed by atoms with E-state index in [9.17, 15) is 15.0 Å². The monoisotopic (exact) mass is 376 g/mol. The molecule has 2 N–H and O–H groups in total. The van der Waals surface area contributed by atoms with Crippen LogP contribution in [0.15, 0.2) is 12.1 Å². The number of carbonyl (C=O) groups excluding carboxylic acids is 1. The Balaban J connectivity index is 1.77. The minimum Gasteiger partial charge on any atom is -0.508 e. The van der Waals surface area contributed by atoms with Gasteiger partial charge in [0.05, 0.1) is 0 Å². The van der Waals surface area contributed by atoms with E-state index in [1.54, 1.807) is 0 Å². The Bertz CT molecular complexity index is 612. The van der Waals surface area contributed by atoms with E-state index in [1.807, 2.05) is 6.07 Å². The third-order valence-electron chi connectivity index (χ3n) is 5.59. The van der Waals surface area contributed by atoms with Crippen LogP contribution in [0.25, 0.3) is 0 Å². The number of benzene rings is 1. The fraction of sp³-hybridized carbons (Fsp3) is 0.696. The highest BCUT2D eigenvalue weighted by Crippen LogP contribution is 2.43. The van der Waals surface area contributed by atoms with E-state index in [4.69, 9.17) is 4.74 Å². The standard InChI is InChI=1S/C23H36O4/c1-22(2,3)11-7-4-5-9-18-15-19(21(26)16-20(18)25)10-6-8-12-23(13-14-23)27-17-24/h15-17,25-26H,4-14H2,1-3H3. The summed E-state index contributed by atoms with van der Waals surface area (Å²) in [6, 6.07) is 3.45. The first-order valence-corrected chi connectivity index (χ1v) is 10.4. The molecule has 4 heteroatoms. The van der Waals surface area contributed by atoms with Gasteiger partial charge in [-0.15, -0.1) is 0 Å². The van der Waals surface area contributed by atoms with Gasteiger partial charge in [-0.25, -0.2) is 0 Å². The molecule has 0 unspecified atom stereocenters. The maximum absolute atomic E-state index is 10.5. The maximum Gasteiger partial charge on any atom is 0.293 e. The van der Waals surface area contributed by atoms with Gasteiger partial charge in [-0.1, -0.05) is 33.6 Å². The molecule has 0 radical (unpaired) electrons. The van der Waals surface area contributed by atoms with Gasteiger partial charge in [0.2, 0.25) is 0 Å². The molecule has 1 aliphatic rings. The van der Waals surface area contributed by atoms with Crippen molar-refractivity contribution >= 4 is 6.47 Å². The Morgan fingerprint density at radius 1 is 0.963 bits per heavy atom. The number of aryl methyl sites for hydroxylation is 2. The molecule has 0 aromatic heterocycles. The normalized spacial score (nSPS) is 15.5. The molecule has 0 saturated heterocycles. The highest BCUT2D eigenvalue weighted by atomic mass is 16.5. The van der Waals surface area contributed by atoms with Gasteiger partial charge in [0.15, 0.2) is 0 Å². The van der Waals surface area contributed by atoms with Gasteiger partial charge < -0.3 is 14.9 Å². The Hall–Kier alpha value is -1.71. The Morgan fingerprint density at radius 3 is 2.07 bits per heavy atom. The number of unbranched alkanes of at least 4 members (excludes halogenated alkanes) is 3. The molecule has 2 rings (SSSR count).